The third-order valence-corrected chi connectivity index (χ3v) is 4.33. The van der Waals surface area contributed by atoms with Crippen LogP contribution in [0, 0.1) is 6.92 Å². The number of carboxylic acid groups (broad SMARTS) is 1. The minimum Gasteiger partial charge on any atom is -0.480 e. The van der Waals surface area contributed by atoms with Gasteiger partial charge in [-0.1, -0.05) is 0 Å². The molecule has 0 aliphatic rings. The molecule has 0 spiro atoms. The van der Waals surface area contributed by atoms with Crippen molar-refractivity contribution in [2.75, 3.05) is 5.75 Å². The van der Waals surface area contributed by atoms with Crippen LogP contribution < -0.4 is 5.32 Å². The van der Waals surface area contributed by atoms with Crippen molar-refractivity contribution in [2.45, 2.75) is 39.1 Å². The summed E-state index contributed by atoms with van der Waals surface area (Å²) in [5.41, 5.74) is 1.20. The third kappa shape index (κ3) is 5.18. The van der Waals surface area contributed by atoms with Crippen LogP contribution in [-0.2, 0) is 31.7 Å². The van der Waals surface area contributed by atoms with Gasteiger partial charge in [0.2, 0.25) is 5.91 Å². The predicted molar refractivity (Wildman–Crippen MR) is 75.4 cm³/mol. The fourth-order valence-electron chi connectivity index (χ4n) is 1.95. The standard InChI is InChI=1S/C12H19N3O5S/c1-4-15-10(5-8(2)14-15)6-21(19,20)7-11(12(17)18)13-9(3)16/h5,11H,4,6-7H2,1-3H3,(H,13,16)(H,17,18)/t11-/m0/s1. The van der Waals surface area contributed by atoms with Crippen molar-refractivity contribution in [1.29, 1.82) is 0 Å². The van der Waals surface area contributed by atoms with Gasteiger partial charge in [0, 0.05) is 13.5 Å². The molecular weight excluding hydrogens is 298 g/mol. The van der Waals surface area contributed by atoms with E-state index in [1.54, 1.807) is 17.7 Å². The molecule has 1 amide bonds. The van der Waals surface area contributed by atoms with Gasteiger partial charge >= 0.3 is 5.97 Å². The highest BCUT2D eigenvalue weighted by Gasteiger charge is 2.27. The summed E-state index contributed by atoms with van der Waals surface area (Å²) in [6.07, 6.45) is 0. The normalized spacial score (nSPS) is 12.9. The molecule has 8 nitrogen and oxygen atoms in total. The maximum absolute atomic E-state index is 12.1. The molecule has 118 valence electrons. The summed E-state index contributed by atoms with van der Waals surface area (Å²) in [5.74, 6) is -2.94. The zero-order valence-electron chi connectivity index (χ0n) is 12.2. The molecule has 0 saturated carbocycles. The first-order valence-corrected chi connectivity index (χ1v) is 8.20. The Balaban J connectivity index is 2.89. The predicted octanol–water partition coefficient (Wildman–Crippen LogP) is -0.284. The maximum atomic E-state index is 12.1. The third-order valence-electron chi connectivity index (χ3n) is 2.75. The number of aromatic nitrogens is 2. The lowest BCUT2D eigenvalue weighted by molar-refractivity contribution is -0.140. The molecule has 0 fully saturated rings. The number of carbonyl (C=O) groups excluding carboxylic acids is 1. The average molecular weight is 317 g/mol. The molecule has 1 aromatic rings. The van der Waals surface area contributed by atoms with Gasteiger partial charge in [-0.2, -0.15) is 5.10 Å². The van der Waals surface area contributed by atoms with Gasteiger partial charge in [-0.25, -0.2) is 13.2 Å². The molecule has 2 N–H and O–H groups in total. The van der Waals surface area contributed by atoms with Crippen molar-refractivity contribution in [3.63, 3.8) is 0 Å². The van der Waals surface area contributed by atoms with E-state index in [9.17, 15) is 18.0 Å². The van der Waals surface area contributed by atoms with Crippen molar-refractivity contribution in [1.82, 2.24) is 15.1 Å². The van der Waals surface area contributed by atoms with Gasteiger partial charge in [0.1, 0.15) is 6.04 Å². The molecule has 1 aromatic heterocycles. The molecule has 0 bridgehead atoms. The monoisotopic (exact) mass is 317 g/mol. The molecule has 9 heteroatoms. The Morgan fingerprint density at radius 2 is 2.10 bits per heavy atom. The van der Waals surface area contributed by atoms with Crippen LogP contribution in [-0.4, -0.2) is 47.0 Å². The SMILES string of the molecule is CCn1nc(C)cc1CS(=O)(=O)C[C@H](NC(C)=O)C(=O)O. The van der Waals surface area contributed by atoms with Crippen molar-refractivity contribution in [3.8, 4) is 0 Å². The van der Waals surface area contributed by atoms with Gasteiger partial charge in [-0.15, -0.1) is 0 Å². The Morgan fingerprint density at radius 3 is 2.57 bits per heavy atom. The molecular formula is C12H19N3O5S. The van der Waals surface area contributed by atoms with Crippen molar-refractivity contribution in [3.05, 3.63) is 17.5 Å². The number of hydrogen-bond donors (Lipinski definition) is 2. The van der Waals surface area contributed by atoms with Gasteiger partial charge in [0.15, 0.2) is 9.84 Å². The largest absolute Gasteiger partial charge is 0.480 e. The summed E-state index contributed by atoms with van der Waals surface area (Å²) in [6.45, 7) is 5.24. The van der Waals surface area contributed by atoms with E-state index >= 15 is 0 Å². The van der Waals surface area contributed by atoms with Crippen LogP contribution in [0.4, 0.5) is 0 Å². The number of amides is 1. The van der Waals surface area contributed by atoms with Crippen LogP contribution in [0.3, 0.4) is 0 Å². The van der Waals surface area contributed by atoms with Crippen molar-refractivity contribution >= 4 is 21.7 Å². The lowest BCUT2D eigenvalue weighted by Crippen LogP contribution is -2.44. The molecule has 0 saturated heterocycles. The van der Waals surface area contributed by atoms with Crippen molar-refractivity contribution in [2.24, 2.45) is 0 Å². The van der Waals surface area contributed by atoms with Crippen LogP contribution >= 0.6 is 0 Å². The molecule has 1 rings (SSSR count). The Hall–Kier alpha value is -1.90. The molecule has 0 aliphatic heterocycles. The first-order valence-electron chi connectivity index (χ1n) is 6.38. The van der Waals surface area contributed by atoms with Gasteiger partial charge < -0.3 is 10.4 Å². The van der Waals surface area contributed by atoms with Gasteiger partial charge in [0.25, 0.3) is 0 Å². The Labute approximate surface area is 123 Å². The van der Waals surface area contributed by atoms with E-state index < -0.39 is 33.5 Å². The number of nitrogens with one attached hydrogen (secondary N) is 1. The van der Waals surface area contributed by atoms with Crippen LogP contribution in [0.15, 0.2) is 6.07 Å². The summed E-state index contributed by atoms with van der Waals surface area (Å²) in [6, 6.07) is 0.196. The second-order valence-electron chi connectivity index (χ2n) is 4.74. The highest BCUT2D eigenvalue weighted by molar-refractivity contribution is 7.90. The van der Waals surface area contributed by atoms with Crippen LogP contribution in [0.2, 0.25) is 0 Å². The first kappa shape index (κ1) is 17.2. The number of nitrogens with zero attached hydrogens (tertiary/aromatic N) is 2. The topological polar surface area (TPSA) is 118 Å². The Morgan fingerprint density at radius 1 is 1.48 bits per heavy atom. The summed E-state index contributed by atoms with van der Waals surface area (Å²) in [5, 5.41) is 15.2. The number of carboxylic acids is 1. The first-order chi connectivity index (χ1) is 9.64. The fraction of sp³-hybridized carbons (Fsp3) is 0.583. The highest BCUT2D eigenvalue weighted by Crippen LogP contribution is 2.10. The zero-order chi connectivity index (χ0) is 16.2. The molecule has 0 radical (unpaired) electrons. The average Bonchev–Trinajstić information content (AvgIpc) is 2.66. The Bertz CT molecular complexity index is 635. The lowest BCUT2D eigenvalue weighted by Gasteiger charge is -2.13. The van der Waals surface area contributed by atoms with Crippen LogP contribution in [0.1, 0.15) is 25.2 Å². The molecule has 0 aliphatic carbocycles. The molecule has 1 atom stereocenters. The molecule has 21 heavy (non-hydrogen) atoms. The fourth-order valence-corrected chi connectivity index (χ4v) is 3.48. The van der Waals surface area contributed by atoms with Gasteiger partial charge in [-0.3, -0.25) is 9.48 Å². The number of aryl methyl sites for hydroxylation is 2. The molecule has 0 unspecified atom stereocenters. The van der Waals surface area contributed by atoms with E-state index in [0.29, 0.717) is 17.9 Å². The quantitative estimate of drug-likeness (QED) is 0.714. The number of rotatable bonds is 7. The van der Waals surface area contributed by atoms with Gasteiger partial charge in [0.05, 0.1) is 22.9 Å². The summed E-state index contributed by atoms with van der Waals surface area (Å²) in [7, 11) is -3.70. The van der Waals surface area contributed by atoms with E-state index in [4.69, 9.17) is 5.11 Å². The van der Waals surface area contributed by atoms with E-state index in [1.165, 1.54) is 0 Å². The second-order valence-corrected chi connectivity index (χ2v) is 6.85. The number of carbonyl (C=O) groups is 2. The summed E-state index contributed by atoms with van der Waals surface area (Å²) < 4.78 is 25.8. The zero-order valence-corrected chi connectivity index (χ0v) is 13.0. The minimum absolute atomic E-state index is 0.314. The highest BCUT2D eigenvalue weighted by atomic mass is 32.2. The number of sulfone groups is 1. The van der Waals surface area contributed by atoms with Crippen LogP contribution in [0.5, 0.6) is 0 Å². The maximum Gasteiger partial charge on any atom is 0.327 e. The van der Waals surface area contributed by atoms with E-state index in [2.05, 4.69) is 10.4 Å². The number of hydrogen-bond acceptors (Lipinski definition) is 5. The summed E-state index contributed by atoms with van der Waals surface area (Å²) >= 11 is 0. The van der Waals surface area contributed by atoms with E-state index in [-0.39, 0.29) is 5.75 Å². The van der Waals surface area contributed by atoms with Crippen molar-refractivity contribution < 1.29 is 23.1 Å². The summed E-state index contributed by atoms with van der Waals surface area (Å²) in [4.78, 5) is 21.9. The van der Waals surface area contributed by atoms with Gasteiger partial charge in [-0.05, 0) is 19.9 Å². The van der Waals surface area contributed by atoms with Crippen LogP contribution in [0.25, 0.3) is 0 Å². The number of aliphatic carboxylic acids is 1. The van der Waals surface area contributed by atoms with E-state index in [1.807, 2.05) is 6.92 Å². The molecule has 1 heterocycles. The van der Waals surface area contributed by atoms with E-state index in [0.717, 1.165) is 6.92 Å². The Kier molecular flexibility index (Phi) is 5.47. The smallest absolute Gasteiger partial charge is 0.327 e. The molecule has 0 aromatic carbocycles. The minimum atomic E-state index is -3.70. The lowest BCUT2D eigenvalue weighted by atomic mass is 10.3. The second kappa shape index (κ2) is 6.70.